The van der Waals surface area contributed by atoms with Crippen molar-refractivity contribution < 1.29 is 9.53 Å². The monoisotopic (exact) mass is 159 g/mol. The van der Waals surface area contributed by atoms with Crippen molar-refractivity contribution in [2.75, 3.05) is 6.61 Å². The fourth-order valence-corrected chi connectivity index (χ4v) is 0.457. The number of nitrogens with two attached hydrogens (primary N) is 1. The van der Waals surface area contributed by atoms with Gasteiger partial charge in [0, 0.05) is 0 Å². The minimum atomic E-state index is -0.693. The second kappa shape index (κ2) is 3.60. The molecule has 0 saturated carbocycles. The number of primary amides is 1. The first-order valence-corrected chi connectivity index (χ1v) is 3.76. The van der Waals surface area contributed by atoms with E-state index in [1.807, 2.05) is 6.92 Å². The van der Waals surface area contributed by atoms with Gasteiger partial charge in [0.1, 0.15) is 0 Å². The molecule has 0 saturated heterocycles. The predicted octanol–water partition coefficient (Wildman–Crippen LogP) is 1.76. The summed E-state index contributed by atoms with van der Waals surface area (Å²) in [6.07, 6.45) is -0.693. The SMILES string of the molecule is C[C@H](COC(N)=O)C(C)(C)C. The Kier molecular flexibility index (Phi) is 3.36. The number of carbonyl (C=O) groups is 1. The van der Waals surface area contributed by atoms with Gasteiger partial charge in [-0.1, -0.05) is 27.7 Å². The van der Waals surface area contributed by atoms with Gasteiger partial charge < -0.3 is 10.5 Å². The first kappa shape index (κ1) is 10.3. The summed E-state index contributed by atoms with van der Waals surface area (Å²) in [6.45, 7) is 8.73. The van der Waals surface area contributed by atoms with Crippen molar-refractivity contribution in [3.8, 4) is 0 Å². The molecule has 0 aliphatic rings. The van der Waals surface area contributed by atoms with E-state index in [-0.39, 0.29) is 5.41 Å². The first-order valence-electron chi connectivity index (χ1n) is 3.76. The van der Waals surface area contributed by atoms with E-state index >= 15 is 0 Å². The van der Waals surface area contributed by atoms with Crippen molar-refractivity contribution >= 4 is 6.09 Å². The van der Waals surface area contributed by atoms with Gasteiger partial charge in [0.25, 0.3) is 0 Å². The molecule has 0 aromatic carbocycles. The van der Waals surface area contributed by atoms with Crippen molar-refractivity contribution in [2.45, 2.75) is 27.7 Å². The fraction of sp³-hybridized carbons (Fsp3) is 0.875. The predicted molar refractivity (Wildman–Crippen MR) is 44.2 cm³/mol. The second-order valence-corrected chi connectivity index (χ2v) is 3.90. The fourth-order valence-electron chi connectivity index (χ4n) is 0.457. The summed E-state index contributed by atoms with van der Waals surface area (Å²) in [5.74, 6) is 0.329. The highest BCUT2D eigenvalue weighted by molar-refractivity contribution is 5.64. The molecule has 0 unspecified atom stereocenters. The number of carbonyl (C=O) groups excluding carboxylic acids is 1. The van der Waals surface area contributed by atoms with Crippen molar-refractivity contribution in [2.24, 2.45) is 17.1 Å². The molecule has 0 aromatic heterocycles. The largest absolute Gasteiger partial charge is 0.449 e. The maximum Gasteiger partial charge on any atom is 0.404 e. The molecule has 0 aliphatic carbocycles. The number of amides is 1. The molecule has 1 atom stereocenters. The lowest BCUT2D eigenvalue weighted by Gasteiger charge is -2.26. The highest BCUT2D eigenvalue weighted by Gasteiger charge is 2.20. The molecular formula is C8H17NO2. The van der Waals surface area contributed by atoms with Crippen molar-refractivity contribution in [1.29, 1.82) is 0 Å². The molecule has 0 heterocycles. The summed E-state index contributed by atoms with van der Waals surface area (Å²) in [4.78, 5) is 10.2. The summed E-state index contributed by atoms with van der Waals surface area (Å²) in [5, 5.41) is 0. The van der Waals surface area contributed by atoms with Crippen LogP contribution in [0.4, 0.5) is 4.79 Å². The lowest BCUT2D eigenvalue weighted by molar-refractivity contribution is 0.104. The standard InChI is InChI=1S/C8H17NO2/c1-6(8(2,3)4)5-11-7(9)10/h6H,5H2,1-4H3,(H2,9,10)/t6-/m1/s1. The Bertz CT molecular complexity index is 138. The van der Waals surface area contributed by atoms with E-state index in [0.717, 1.165) is 0 Å². The van der Waals surface area contributed by atoms with Crippen molar-refractivity contribution in [1.82, 2.24) is 0 Å². The molecule has 0 aromatic rings. The van der Waals surface area contributed by atoms with Crippen LogP contribution >= 0.6 is 0 Å². The van der Waals surface area contributed by atoms with Gasteiger partial charge in [-0.25, -0.2) is 4.79 Å². The number of hydrogen-bond donors (Lipinski definition) is 1. The zero-order valence-electron chi connectivity index (χ0n) is 7.68. The number of ether oxygens (including phenoxy) is 1. The minimum absolute atomic E-state index is 0.162. The van der Waals surface area contributed by atoms with Gasteiger partial charge in [-0.3, -0.25) is 0 Å². The summed E-state index contributed by atoms with van der Waals surface area (Å²) >= 11 is 0. The van der Waals surface area contributed by atoms with E-state index < -0.39 is 6.09 Å². The van der Waals surface area contributed by atoms with E-state index in [1.165, 1.54) is 0 Å². The van der Waals surface area contributed by atoms with Gasteiger partial charge >= 0.3 is 6.09 Å². The van der Waals surface area contributed by atoms with Crippen molar-refractivity contribution in [3.05, 3.63) is 0 Å². The average molecular weight is 159 g/mol. The van der Waals surface area contributed by atoms with Gasteiger partial charge in [0.05, 0.1) is 6.61 Å². The lowest BCUT2D eigenvalue weighted by Crippen LogP contribution is -2.25. The van der Waals surface area contributed by atoms with E-state index in [9.17, 15) is 4.79 Å². The average Bonchev–Trinajstić information content (AvgIpc) is 1.80. The van der Waals surface area contributed by atoms with Gasteiger partial charge in [-0.15, -0.1) is 0 Å². The molecule has 1 amide bonds. The maximum absolute atomic E-state index is 10.2. The van der Waals surface area contributed by atoms with E-state index in [2.05, 4.69) is 25.5 Å². The molecule has 66 valence electrons. The summed E-state index contributed by atoms with van der Waals surface area (Å²) in [5.41, 5.74) is 4.99. The lowest BCUT2D eigenvalue weighted by atomic mass is 9.83. The molecule has 0 fully saturated rings. The summed E-state index contributed by atoms with van der Waals surface area (Å²) in [6, 6.07) is 0. The minimum Gasteiger partial charge on any atom is -0.449 e. The van der Waals surface area contributed by atoms with Gasteiger partial charge in [0.2, 0.25) is 0 Å². The van der Waals surface area contributed by atoms with Crippen LogP contribution in [0.15, 0.2) is 0 Å². The Labute approximate surface area is 67.9 Å². The Hall–Kier alpha value is -0.730. The van der Waals surface area contributed by atoms with Gasteiger partial charge in [0.15, 0.2) is 0 Å². The van der Waals surface area contributed by atoms with E-state index in [0.29, 0.717) is 12.5 Å². The highest BCUT2D eigenvalue weighted by Crippen LogP contribution is 2.25. The molecule has 0 bridgehead atoms. The molecule has 11 heavy (non-hydrogen) atoms. The third kappa shape index (κ3) is 4.65. The molecule has 3 heteroatoms. The van der Waals surface area contributed by atoms with E-state index in [1.54, 1.807) is 0 Å². The quantitative estimate of drug-likeness (QED) is 0.667. The Morgan fingerprint density at radius 2 is 2.00 bits per heavy atom. The van der Waals surface area contributed by atoms with Crippen molar-refractivity contribution in [3.63, 3.8) is 0 Å². The van der Waals surface area contributed by atoms with E-state index in [4.69, 9.17) is 5.73 Å². The first-order chi connectivity index (χ1) is 4.84. The summed E-state index contributed by atoms with van der Waals surface area (Å²) in [7, 11) is 0. The Balaban J connectivity index is 3.70. The van der Waals surface area contributed by atoms with Crippen LogP contribution in [-0.4, -0.2) is 12.7 Å². The topological polar surface area (TPSA) is 52.3 Å². The van der Waals surface area contributed by atoms with Crippen LogP contribution in [0, 0.1) is 11.3 Å². The number of hydrogen-bond acceptors (Lipinski definition) is 2. The van der Waals surface area contributed by atoms with Crippen LogP contribution in [0.3, 0.4) is 0 Å². The molecule has 0 radical (unpaired) electrons. The van der Waals surface area contributed by atoms with Crippen LogP contribution in [0.25, 0.3) is 0 Å². The Morgan fingerprint density at radius 3 is 2.27 bits per heavy atom. The molecule has 0 rings (SSSR count). The molecular weight excluding hydrogens is 142 g/mol. The molecule has 2 N–H and O–H groups in total. The second-order valence-electron chi connectivity index (χ2n) is 3.90. The van der Waals surface area contributed by atoms with Crippen LogP contribution in [0.1, 0.15) is 27.7 Å². The Morgan fingerprint density at radius 1 is 1.55 bits per heavy atom. The van der Waals surface area contributed by atoms with Crippen LogP contribution in [-0.2, 0) is 4.74 Å². The summed E-state index contributed by atoms with van der Waals surface area (Å²) < 4.78 is 4.67. The normalized spacial score (nSPS) is 14.2. The number of rotatable bonds is 2. The highest BCUT2D eigenvalue weighted by atomic mass is 16.5. The third-order valence-corrected chi connectivity index (χ3v) is 1.95. The van der Waals surface area contributed by atoms with Gasteiger partial charge in [-0.05, 0) is 11.3 Å². The third-order valence-electron chi connectivity index (χ3n) is 1.95. The van der Waals surface area contributed by atoms with Crippen LogP contribution < -0.4 is 5.73 Å². The van der Waals surface area contributed by atoms with Gasteiger partial charge in [-0.2, -0.15) is 0 Å². The molecule has 3 nitrogen and oxygen atoms in total. The smallest absolute Gasteiger partial charge is 0.404 e. The van der Waals surface area contributed by atoms with Crippen LogP contribution in [0.2, 0.25) is 0 Å². The molecule has 0 spiro atoms. The molecule has 0 aliphatic heterocycles. The maximum atomic E-state index is 10.2. The zero-order valence-corrected chi connectivity index (χ0v) is 7.68. The zero-order chi connectivity index (χ0) is 9.07. The van der Waals surface area contributed by atoms with Crippen LogP contribution in [0.5, 0.6) is 0 Å².